The van der Waals surface area contributed by atoms with E-state index < -0.39 is 69.7 Å². The Morgan fingerprint density at radius 3 is 2.38 bits per heavy atom. The van der Waals surface area contributed by atoms with Crippen LogP contribution in [-0.4, -0.2) is 99.3 Å². The summed E-state index contributed by atoms with van der Waals surface area (Å²) in [5.74, 6) is -1.80. The number of esters is 1. The van der Waals surface area contributed by atoms with Crippen LogP contribution in [0.15, 0.2) is 12.7 Å². The molecule has 2 saturated carbocycles. The number of rotatable bonds is 4. The van der Waals surface area contributed by atoms with Crippen molar-refractivity contribution in [3.63, 3.8) is 0 Å². The zero-order valence-electron chi connectivity index (χ0n) is 23.0. The van der Waals surface area contributed by atoms with Crippen LogP contribution in [0.5, 0.6) is 0 Å². The molecule has 2 heterocycles. The van der Waals surface area contributed by atoms with Crippen LogP contribution >= 0.6 is 12.4 Å². The summed E-state index contributed by atoms with van der Waals surface area (Å²) < 4.78 is 12.5. The van der Waals surface area contributed by atoms with Gasteiger partial charge in [-0.15, -0.1) is 19.0 Å². The molecule has 4 aliphatic rings. The van der Waals surface area contributed by atoms with E-state index in [4.69, 9.17) is 9.47 Å². The first kappa shape index (κ1) is 30.5. The molecule has 4 fully saturated rings. The summed E-state index contributed by atoms with van der Waals surface area (Å²) in [6.07, 6.45) is -1.40. The number of carbonyl (C=O) groups is 2. The molecule has 0 aromatic heterocycles. The normalized spacial score (nSPS) is 46.6. The maximum Gasteiger partial charge on any atom is 0.323 e. The fraction of sp³-hybridized carbons (Fsp3) is 0.852. The Hall–Kier alpha value is -1.07. The van der Waals surface area contributed by atoms with Crippen LogP contribution in [0.4, 0.5) is 0 Å². The Kier molecular flexibility index (Phi) is 8.10. The predicted octanol–water partition coefficient (Wildman–Crippen LogP) is 1.22. The van der Waals surface area contributed by atoms with Crippen molar-refractivity contribution in [2.45, 2.75) is 102 Å². The molecule has 0 spiro atoms. The predicted molar refractivity (Wildman–Crippen MR) is 140 cm³/mol. The number of Topliss-reactive ketones (excluding diaryl/α,β-unsaturated/α-hetero) is 1. The lowest BCUT2D eigenvalue weighted by atomic mass is 9.40. The molecule has 2 saturated heterocycles. The summed E-state index contributed by atoms with van der Waals surface area (Å²) in [6.45, 7) is 17.2. The molecule has 0 bridgehead atoms. The molecule has 0 aromatic rings. The Balaban J connectivity index is 0.00000380. The molecule has 0 radical (unpaired) electrons. The number of ketones is 1. The van der Waals surface area contributed by atoms with Gasteiger partial charge in [0.1, 0.15) is 11.6 Å². The van der Waals surface area contributed by atoms with E-state index in [9.17, 15) is 24.9 Å². The van der Waals surface area contributed by atoms with Gasteiger partial charge in [-0.1, -0.05) is 26.8 Å². The van der Waals surface area contributed by atoms with E-state index in [2.05, 4.69) is 11.9 Å². The average Bonchev–Trinajstić information content (AvgIpc) is 2.82. The molecule has 37 heavy (non-hydrogen) atoms. The van der Waals surface area contributed by atoms with Crippen LogP contribution in [-0.2, 0) is 19.1 Å². The molecule has 2 aliphatic heterocycles. The minimum atomic E-state index is -2.22. The van der Waals surface area contributed by atoms with Crippen molar-refractivity contribution < 1.29 is 34.4 Å². The Labute approximate surface area is 226 Å². The van der Waals surface area contributed by atoms with E-state index in [1.54, 1.807) is 20.8 Å². The average molecular weight is 545 g/mol. The number of ether oxygens (including phenoxy) is 2. The van der Waals surface area contributed by atoms with Gasteiger partial charge in [0.25, 0.3) is 0 Å². The molecule has 1 unspecified atom stereocenters. The van der Waals surface area contributed by atoms with Crippen molar-refractivity contribution >= 4 is 24.2 Å². The second-order valence-electron chi connectivity index (χ2n) is 12.6. The topological polar surface area (TPSA) is 129 Å². The smallest absolute Gasteiger partial charge is 0.323 e. The maximum atomic E-state index is 13.9. The van der Waals surface area contributed by atoms with Crippen LogP contribution in [0.25, 0.3) is 0 Å². The first-order chi connectivity index (χ1) is 16.6. The number of aliphatic hydroxyl groups excluding tert-OH is 2. The number of hydrogen-bond acceptors (Lipinski definition) is 9. The largest absolute Gasteiger partial charge is 0.455 e. The first-order valence-corrected chi connectivity index (χ1v) is 13.2. The van der Waals surface area contributed by atoms with Gasteiger partial charge in [-0.3, -0.25) is 14.5 Å². The molecule has 4 N–H and O–H groups in total. The van der Waals surface area contributed by atoms with Crippen molar-refractivity contribution in [2.24, 2.45) is 16.7 Å². The van der Waals surface area contributed by atoms with Crippen LogP contribution < -0.4 is 5.32 Å². The number of fused-ring (bicyclic) bond motifs is 3. The minimum Gasteiger partial charge on any atom is -0.455 e. The maximum absolute atomic E-state index is 13.9. The highest BCUT2D eigenvalue weighted by atomic mass is 35.5. The molecule has 10 heteroatoms. The van der Waals surface area contributed by atoms with Crippen LogP contribution in [0.3, 0.4) is 0 Å². The molecule has 9 nitrogen and oxygen atoms in total. The number of piperazine rings is 1. The summed E-state index contributed by atoms with van der Waals surface area (Å²) >= 11 is 0. The zero-order chi connectivity index (χ0) is 26.9. The van der Waals surface area contributed by atoms with Gasteiger partial charge in [0.05, 0.1) is 17.8 Å². The molecular weight excluding hydrogens is 500 g/mol. The summed E-state index contributed by atoms with van der Waals surface area (Å²) in [5, 5.41) is 39.0. The number of aliphatic hydroxyl groups is 3. The molecule has 212 valence electrons. The zero-order valence-corrected chi connectivity index (χ0v) is 23.8. The summed E-state index contributed by atoms with van der Waals surface area (Å²) in [6, 6.07) is -0.584. The van der Waals surface area contributed by atoms with E-state index in [0.29, 0.717) is 25.9 Å². The number of nitrogens with one attached hydrogen (secondary N) is 1. The lowest BCUT2D eigenvalue weighted by molar-refractivity contribution is -0.371. The summed E-state index contributed by atoms with van der Waals surface area (Å²) in [7, 11) is 0. The lowest BCUT2D eigenvalue weighted by Gasteiger charge is -2.71. The van der Waals surface area contributed by atoms with Crippen molar-refractivity contribution in [3.05, 3.63) is 12.7 Å². The minimum absolute atomic E-state index is 0. The number of hydrogen-bond donors (Lipinski definition) is 4. The highest BCUT2D eigenvalue weighted by Gasteiger charge is 2.81. The van der Waals surface area contributed by atoms with Gasteiger partial charge in [-0.05, 0) is 39.0 Å². The third-order valence-electron chi connectivity index (χ3n) is 10.0. The first-order valence-electron chi connectivity index (χ1n) is 13.2. The van der Waals surface area contributed by atoms with E-state index in [1.165, 1.54) is 13.0 Å². The van der Waals surface area contributed by atoms with Gasteiger partial charge in [0.2, 0.25) is 0 Å². The Bertz CT molecular complexity index is 926. The number of halogens is 1. The van der Waals surface area contributed by atoms with Gasteiger partial charge in [0.15, 0.2) is 17.5 Å². The van der Waals surface area contributed by atoms with E-state index in [0.717, 1.165) is 13.1 Å². The molecule has 0 aromatic carbocycles. The molecule has 4 rings (SSSR count). The quantitative estimate of drug-likeness (QED) is 0.305. The van der Waals surface area contributed by atoms with Crippen molar-refractivity contribution in [2.75, 3.05) is 26.2 Å². The Morgan fingerprint density at radius 1 is 1.22 bits per heavy atom. The van der Waals surface area contributed by atoms with Crippen LogP contribution in [0.2, 0.25) is 0 Å². The fourth-order valence-electron chi connectivity index (χ4n) is 7.92. The van der Waals surface area contributed by atoms with Gasteiger partial charge in [-0.25, -0.2) is 0 Å². The van der Waals surface area contributed by atoms with E-state index in [-0.39, 0.29) is 18.8 Å². The van der Waals surface area contributed by atoms with Crippen molar-refractivity contribution in [1.82, 2.24) is 10.2 Å². The second kappa shape index (κ2) is 9.84. The third kappa shape index (κ3) is 4.20. The van der Waals surface area contributed by atoms with Crippen molar-refractivity contribution in [1.29, 1.82) is 0 Å². The Morgan fingerprint density at radius 2 is 1.81 bits per heavy atom. The highest BCUT2D eigenvalue weighted by Crippen LogP contribution is 2.67. The van der Waals surface area contributed by atoms with Gasteiger partial charge in [-0.2, -0.15) is 0 Å². The van der Waals surface area contributed by atoms with Gasteiger partial charge >= 0.3 is 5.97 Å². The van der Waals surface area contributed by atoms with Crippen LogP contribution in [0.1, 0.15) is 60.8 Å². The van der Waals surface area contributed by atoms with Crippen molar-refractivity contribution in [3.8, 4) is 0 Å². The molecule has 0 amide bonds. The number of carbonyl (C=O) groups excluding carboxylic acids is 2. The standard InChI is InChI=1S/C27H44N2O7.ClH/c1-8-24(5)15-18(31)27(34)25(6)17(30)9-10-23(3,4)20(25)19(32)21(26(27,7)36-24)35-22(33)16(2)29-13-11-28-12-14-29;/h8,16-17,19-21,28,30,32,34H,1,9-15H2,2-7H3;1H/t16?,17-,19-,20-,21-,24-,25-,26+,27-;/m0./s1. The highest BCUT2D eigenvalue weighted by molar-refractivity contribution is 5.92. The van der Waals surface area contributed by atoms with Crippen LogP contribution in [0, 0.1) is 16.7 Å². The SMILES string of the molecule is C=C[C@@]1(C)CC(=O)[C@]2(O)[C@@]3(C)[C@@H](O)CCC(C)(C)[C@@H]3[C@H](O)[C@H](OC(=O)C(C)N3CCNCC3)[C@@]2(C)O1.Cl. The summed E-state index contributed by atoms with van der Waals surface area (Å²) in [5.41, 5.74) is -7.19. The second-order valence-corrected chi connectivity index (χ2v) is 12.6. The third-order valence-corrected chi connectivity index (χ3v) is 10.0. The van der Waals surface area contributed by atoms with E-state index in [1.807, 2.05) is 18.7 Å². The lowest BCUT2D eigenvalue weighted by Crippen LogP contribution is -2.86. The molecular formula is C27H45ClN2O7. The van der Waals surface area contributed by atoms with Gasteiger partial charge < -0.3 is 30.1 Å². The van der Waals surface area contributed by atoms with Gasteiger partial charge in [0, 0.05) is 43.9 Å². The molecule has 9 atom stereocenters. The number of nitrogens with zero attached hydrogens (tertiary/aromatic N) is 1. The molecule has 2 aliphatic carbocycles. The van der Waals surface area contributed by atoms with E-state index >= 15 is 0 Å². The summed E-state index contributed by atoms with van der Waals surface area (Å²) in [4.78, 5) is 29.4. The fourth-order valence-corrected chi connectivity index (χ4v) is 7.92. The monoisotopic (exact) mass is 544 g/mol.